The normalized spacial score (nSPS) is 13.0. The van der Waals surface area contributed by atoms with Crippen molar-refractivity contribution >= 4 is 39.2 Å². The molecule has 1 aromatic heterocycles. The summed E-state index contributed by atoms with van der Waals surface area (Å²) in [6, 6.07) is 15.1. The Morgan fingerprint density at radius 3 is 2.42 bits per heavy atom. The maximum atomic E-state index is 13.4. The highest BCUT2D eigenvalue weighted by molar-refractivity contribution is 7.87. The average Bonchev–Trinajstić information content (AvgIpc) is 3.31. The number of carbonyl (C=O) groups excluding carboxylic acids is 2. The van der Waals surface area contributed by atoms with Crippen molar-refractivity contribution in [1.82, 2.24) is 10.3 Å². The molecule has 0 saturated heterocycles. The first-order valence-corrected chi connectivity index (χ1v) is 13.8. The molecule has 0 fully saturated rings. The van der Waals surface area contributed by atoms with Crippen LogP contribution in [0.25, 0.3) is 0 Å². The summed E-state index contributed by atoms with van der Waals surface area (Å²) in [6.07, 6.45) is 1.19. The van der Waals surface area contributed by atoms with Crippen LogP contribution >= 0.6 is 11.3 Å². The third-order valence-corrected chi connectivity index (χ3v) is 6.83. The highest BCUT2D eigenvalue weighted by Crippen LogP contribution is 2.25. The van der Waals surface area contributed by atoms with Gasteiger partial charge in [-0.1, -0.05) is 49.4 Å². The number of esters is 1. The predicted octanol–water partition coefficient (Wildman–Crippen LogP) is 3.74. The van der Waals surface area contributed by atoms with Crippen LogP contribution in [0.5, 0.6) is 0 Å². The molecular formula is C25H29N3O6S2. The molecule has 2 unspecified atom stereocenters. The van der Waals surface area contributed by atoms with Crippen molar-refractivity contribution in [2.45, 2.75) is 39.2 Å². The Hall–Kier alpha value is -3.28. The molecule has 0 bridgehead atoms. The number of benzene rings is 2. The number of anilines is 1. The minimum absolute atomic E-state index is 0.154. The Labute approximate surface area is 214 Å². The van der Waals surface area contributed by atoms with Crippen LogP contribution < -0.4 is 10.0 Å². The SMILES string of the molecule is CCOC(=O)C(Cc1ccccc1)C(=O)NC(Cc1cccc(NS(=O)(=O)O)c1)c1nc(CC)cs1. The van der Waals surface area contributed by atoms with E-state index in [9.17, 15) is 18.0 Å². The van der Waals surface area contributed by atoms with Crippen LogP contribution in [0.15, 0.2) is 60.0 Å². The molecule has 192 valence electrons. The van der Waals surface area contributed by atoms with E-state index in [1.54, 1.807) is 25.1 Å². The van der Waals surface area contributed by atoms with Crippen LogP contribution in [0.4, 0.5) is 5.69 Å². The number of aryl methyl sites for hydroxylation is 1. The molecule has 0 radical (unpaired) electrons. The van der Waals surface area contributed by atoms with Crippen molar-refractivity contribution < 1.29 is 27.3 Å². The van der Waals surface area contributed by atoms with Crippen molar-refractivity contribution in [3.63, 3.8) is 0 Å². The molecule has 9 nitrogen and oxygen atoms in total. The number of nitrogens with zero attached hydrogens (tertiary/aromatic N) is 1. The quantitative estimate of drug-likeness (QED) is 0.184. The molecule has 36 heavy (non-hydrogen) atoms. The van der Waals surface area contributed by atoms with Crippen LogP contribution in [0, 0.1) is 5.92 Å². The fourth-order valence-electron chi connectivity index (χ4n) is 3.64. The number of nitrogens with one attached hydrogen (secondary N) is 2. The highest BCUT2D eigenvalue weighted by Gasteiger charge is 2.31. The van der Waals surface area contributed by atoms with E-state index in [0.29, 0.717) is 10.6 Å². The van der Waals surface area contributed by atoms with Crippen molar-refractivity contribution in [1.29, 1.82) is 0 Å². The zero-order valence-corrected chi connectivity index (χ0v) is 21.6. The van der Waals surface area contributed by atoms with Gasteiger partial charge in [-0.2, -0.15) is 8.42 Å². The molecule has 2 atom stereocenters. The minimum Gasteiger partial charge on any atom is -0.465 e. The van der Waals surface area contributed by atoms with Gasteiger partial charge in [0, 0.05) is 5.38 Å². The number of thiazole rings is 1. The van der Waals surface area contributed by atoms with Gasteiger partial charge in [-0.15, -0.1) is 11.3 Å². The fraction of sp³-hybridized carbons (Fsp3) is 0.320. The molecule has 3 aromatic rings. The maximum absolute atomic E-state index is 13.4. The fourth-order valence-corrected chi connectivity index (χ4v) is 5.02. The molecule has 1 amide bonds. The third kappa shape index (κ3) is 8.14. The lowest BCUT2D eigenvalue weighted by atomic mass is 9.97. The second-order valence-corrected chi connectivity index (χ2v) is 10.1. The largest absolute Gasteiger partial charge is 0.465 e. The van der Waals surface area contributed by atoms with E-state index in [1.165, 1.54) is 17.4 Å². The number of rotatable bonds is 12. The summed E-state index contributed by atoms with van der Waals surface area (Å²) in [5.41, 5.74) is 2.58. The lowest BCUT2D eigenvalue weighted by molar-refractivity contribution is -0.152. The van der Waals surface area contributed by atoms with Gasteiger partial charge in [0.25, 0.3) is 0 Å². The number of carbonyl (C=O) groups is 2. The molecule has 3 N–H and O–H groups in total. The molecule has 2 aromatic carbocycles. The summed E-state index contributed by atoms with van der Waals surface area (Å²) in [5, 5.41) is 5.54. The number of hydrogen-bond acceptors (Lipinski definition) is 7. The van der Waals surface area contributed by atoms with Crippen LogP contribution in [0.2, 0.25) is 0 Å². The lowest BCUT2D eigenvalue weighted by Gasteiger charge is -2.21. The Morgan fingerprint density at radius 2 is 1.78 bits per heavy atom. The van der Waals surface area contributed by atoms with Gasteiger partial charge in [0.15, 0.2) is 0 Å². The molecule has 0 aliphatic heterocycles. The molecule has 3 rings (SSSR count). The topological polar surface area (TPSA) is 135 Å². The second kappa shape index (κ2) is 12.6. The monoisotopic (exact) mass is 531 g/mol. The smallest absolute Gasteiger partial charge is 0.357 e. The first kappa shape index (κ1) is 27.3. The van der Waals surface area contributed by atoms with E-state index in [-0.39, 0.29) is 25.1 Å². The van der Waals surface area contributed by atoms with Gasteiger partial charge >= 0.3 is 16.3 Å². The van der Waals surface area contributed by atoms with E-state index in [0.717, 1.165) is 17.7 Å². The van der Waals surface area contributed by atoms with E-state index in [1.807, 2.05) is 47.4 Å². The van der Waals surface area contributed by atoms with Crippen LogP contribution in [0.1, 0.15) is 41.7 Å². The first-order valence-electron chi connectivity index (χ1n) is 11.5. The summed E-state index contributed by atoms with van der Waals surface area (Å²) >= 11 is 1.40. The Balaban J connectivity index is 1.88. The Morgan fingerprint density at radius 1 is 1.06 bits per heavy atom. The predicted molar refractivity (Wildman–Crippen MR) is 138 cm³/mol. The van der Waals surface area contributed by atoms with E-state index < -0.39 is 34.1 Å². The van der Waals surface area contributed by atoms with Gasteiger partial charge in [0.05, 0.1) is 24.0 Å². The Bertz CT molecular complexity index is 1280. The molecule has 11 heteroatoms. The van der Waals surface area contributed by atoms with Crippen molar-refractivity contribution in [3.8, 4) is 0 Å². The molecular weight excluding hydrogens is 502 g/mol. The summed E-state index contributed by atoms with van der Waals surface area (Å²) in [6.45, 7) is 3.82. The third-order valence-electron chi connectivity index (χ3n) is 5.33. The van der Waals surface area contributed by atoms with Gasteiger partial charge < -0.3 is 10.1 Å². The zero-order chi connectivity index (χ0) is 26.1. The van der Waals surface area contributed by atoms with E-state index >= 15 is 0 Å². The summed E-state index contributed by atoms with van der Waals surface area (Å²) in [4.78, 5) is 30.7. The van der Waals surface area contributed by atoms with Gasteiger partial charge in [-0.25, -0.2) is 4.98 Å². The second-order valence-electron chi connectivity index (χ2n) is 8.07. The Kier molecular flexibility index (Phi) is 9.57. The lowest BCUT2D eigenvalue weighted by Crippen LogP contribution is -2.40. The van der Waals surface area contributed by atoms with Crippen molar-refractivity contribution in [3.05, 3.63) is 81.8 Å². The van der Waals surface area contributed by atoms with Gasteiger partial charge in [0.1, 0.15) is 10.9 Å². The molecule has 1 heterocycles. The van der Waals surface area contributed by atoms with Crippen LogP contribution in [0.3, 0.4) is 0 Å². The van der Waals surface area contributed by atoms with Crippen molar-refractivity contribution in [2.24, 2.45) is 5.92 Å². The summed E-state index contributed by atoms with van der Waals surface area (Å²) in [5.74, 6) is -2.14. The summed E-state index contributed by atoms with van der Waals surface area (Å²) in [7, 11) is -4.43. The zero-order valence-electron chi connectivity index (χ0n) is 20.0. The maximum Gasteiger partial charge on any atom is 0.357 e. The first-order chi connectivity index (χ1) is 17.2. The van der Waals surface area contributed by atoms with Gasteiger partial charge in [0.2, 0.25) is 5.91 Å². The molecule has 0 aliphatic carbocycles. The number of ether oxygens (including phenoxy) is 1. The average molecular weight is 532 g/mol. The molecule has 0 saturated carbocycles. The van der Waals surface area contributed by atoms with Gasteiger partial charge in [-0.3, -0.25) is 18.9 Å². The highest BCUT2D eigenvalue weighted by atomic mass is 32.2. The summed E-state index contributed by atoms with van der Waals surface area (Å²) < 4.78 is 38.7. The number of hydrogen-bond donors (Lipinski definition) is 3. The number of aromatic nitrogens is 1. The van der Waals surface area contributed by atoms with Gasteiger partial charge in [-0.05, 0) is 49.4 Å². The molecule has 0 aliphatic rings. The minimum atomic E-state index is -4.43. The van der Waals surface area contributed by atoms with Crippen LogP contribution in [-0.2, 0) is 43.9 Å². The van der Waals surface area contributed by atoms with Crippen molar-refractivity contribution in [2.75, 3.05) is 11.3 Å². The number of amides is 1. The standard InChI is InChI=1S/C25H29N3O6S2/c1-3-19-16-35-24(26-19)22(15-18-11-8-12-20(13-18)28-36(31,32)33)27-23(29)21(25(30)34-4-2)14-17-9-6-5-7-10-17/h5-13,16,21-22,28H,3-4,14-15H2,1-2H3,(H,27,29)(H,31,32,33). The van der Waals surface area contributed by atoms with Crippen LogP contribution in [-0.4, -0.2) is 36.4 Å². The molecule has 0 spiro atoms. The van der Waals surface area contributed by atoms with E-state index in [4.69, 9.17) is 9.29 Å². The van der Waals surface area contributed by atoms with E-state index in [2.05, 4.69) is 10.3 Å².